The summed E-state index contributed by atoms with van der Waals surface area (Å²) in [7, 11) is 0. The summed E-state index contributed by atoms with van der Waals surface area (Å²) in [5, 5.41) is 17.0. The molecule has 7 heteroatoms. The zero-order valence-electron chi connectivity index (χ0n) is 18.9. The number of nitrogens with one attached hydrogen (secondary N) is 2. The number of aliphatic hydroxyl groups is 1. The second kappa shape index (κ2) is 15.0. The fourth-order valence-corrected chi connectivity index (χ4v) is 2.85. The van der Waals surface area contributed by atoms with Gasteiger partial charge in [-0.25, -0.2) is 4.99 Å². The smallest absolute Gasteiger partial charge is 0.191 e. The molecule has 6 nitrogen and oxygen atoms in total. The first-order chi connectivity index (χ1) is 14.5. The van der Waals surface area contributed by atoms with E-state index in [1.807, 2.05) is 52.0 Å². The fraction of sp³-hybridized carbons (Fsp3) is 0.458. The van der Waals surface area contributed by atoms with E-state index >= 15 is 0 Å². The van der Waals surface area contributed by atoms with Crippen molar-refractivity contribution in [2.45, 2.75) is 53.1 Å². The molecule has 0 spiro atoms. The topological polar surface area (TPSA) is 75.1 Å². The average Bonchev–Trinajstić information content (AvgIpc) is 2.74. The van der Waals surface area contributed by atoms with Crippen LogP contribution in [0.3, 0.4) is 0 Å². The summed E-state index contributed by atoms with van der Waals surface area (Å²) < 4.78 is 11.1. The van der Waals surface area contributed by atoms with Crippen LogP contribution in [0, 0.1) is 0 Å². The van der Waals surface area contributed by atoms with Crippen molar-refractivity contribution in [3.8, 4) is 5.75 Å². The molecule has 0 aliphatic heterocycles. The Morgan fingerprint density at radius 3 is 2.39 bits per heavy atom. The molecule has 0 aliphatic rings. The molecule has 1 unspecified atom stereocenters. The molecule has 1 atom stereocenters. The molecule has 0 aliphatic carbocycles. The Balaban J connectivity index is 0.00000480. The van der Waals surface area contributed by atoms with Crippen molar-refractivity contribution >= 4 is 29.9 Å². The number of hydrogen-bond donors (Lipinski definition) is 3. The summed E-state index contributed by atoms with van der Waals surface area (Å²) in [5.74, 6) is 1.43. The molecular weight excluding hydrogens is 505 g/mol. The second-order valence-electron chi connectivity index (χ2n) is 7.28. The highest BCUT2D eigenvalue weighted by Gasteiger charge is 2.10. The Hall–Kier alpha value is -1.84. The first-order valence-corrected chi connectivity index (χ1v) is 10.6. The number of aliphatic hydroxyl groups excluding tert-OH is 1. The van der Waals surface area contributed by atoms with Crippen molar-refractivity contribution in [1.29, 1.82) is 0 Å². The van der Waals surface area contributed by atoms with Gasteiger partial charge in [-0.3, -0.25) is 0 Å². The predicted molar refractivity (Wildman–Crippen MR) is 137 cm³/mol. The van der Waals surface area contributed by atoms with Gasteiger partial charge in [0.25, 0.3) is 0 Å². The van der Waals surface area contributed by atoms with E-state index in [1.165, 1.54) is 0 Å². The van der Waals surface area contributed by atoms with E-state index in [-0.39, 0.29) is 30.1 Å². The third kappa shape index (κ3) is 10.3. The maximum absolute atomic E-state index is 10.6. The molecule has 0 saturated heterocycles. The van der Waals surface area contributed by atoms with Gasteiger partial charge in [-0.15, -0.1) is 24.0 Å². The van der Waals surface area contributed by atoms with Gasteiger partial charge in [0.2, 0.25) is 0 Å². The summed E-state index contributed by atoms with van der Waals surface area (Å²) in [6, 6.07) is 15.8. The average molecular weight is 541 g/mol. The Labute approximate surface area is 203 Å². The highest BCUT2D eigenvalue weighted by Crippen LogP contribution is 2.20. The van der Waals surface area contributed by atoms with Crippen molar-refractivity contribution in [2.24, 2.45) is 4.99 Å². The van der Waals surface area contributed by atoms with Gasteiger partial charge < -0.3 is 25.2 Å². The lowest BCUT2D eigenvalue weighted by Gasteiger charge is -2.17. The molecular formula is C24H36IN3O3. The minimum atomic E-state index is -0.664. The van der Waals surface area contributed by atoms with Crippen molar-refractivity contribution in [1.82, 2.24) is 10.6 Å². The van der Waals surface area contributed by atoms with Gasteiger partial charge in [0.15, 0.2) is 5.96 Å². The Morgan fingerprint density at radius 2 is 1.74 bits per heavy atom. The highest BCUT2D eigenvalue weighted by molar-refractivity contribution is 14.0. The first-order valence-electron chi connectivity index (χ1n) is 10.6. The largest absolute Gasteiger partial charge is 0.491 e. The maximum atomic E-state index is 10.6. The van der Waals surface area contributed by atoms with Gasteiger partial charge >= 0.3 is 0 Å². The van der Waals surface area contributed by atoms with Gasteiger partial charge in [0, 0.05) is 19.7 Å². The lowest BCUT2D eigenvalue weighted by molar-refractivity contribution is 0.134. The van der Waals surface area contributed by atoms with Crippen LogP contribution in [-0.4, -0.2) is 36.9 Å². The summed E-state index contributed by atoms with van der Waals surface area (Å²) in [5.41, 5.74) is 3.08. The first kappa shape index (κ1) is 27.2. The third-order valence-corrected chi connectivity index (χ3v) is 4.34. The van der Waals surface area contributed by atoms with E-state index in [4.69, 9.17) is 9.47 Å². The molecule has 0 aromatic heterocycles. The summed E-state index contributed by atoms with van der Waals surface area (Å²) >= 11 is 0. The number of aliphatic imine (C=N–C) groups is 1. The van der Waals surface area contributed by atoms with Crippen LogP contribution in [0.1, 0.15) is 50.5 Å². The summed E-state index contributed by atoms with van der Waals surface area (Å²) in [4.78, 5) is 4.63. The molecule has 0 bridgehead atoms. The van der Waals surface area contributed by atoms with Crippen molar-refractivity contribution < 1.29 is 14.6 Å². The van der Waals surface area contributed by atoms with Crippen LogP contribution in [0.5, 0.6) is 5.75 Å². The molecule has 0 fully saturated rings. The van der Waals surface area contributed by atoms with E-state index in [9.17, 15) is 5.11 Å². The summed E-state index contributed by atoms with van der Waals surface area (Å²) in [6.45, 7) is 11.0. The molecule has 2 aromatic rings. The Bertz CT molecular complexity index is 782. The van der Waals surface area contributed by atoms with Crippen LogP contribution in [0.2, 0.25) is 0 Å². The summed E-state index contributed by atoms with van der Waals surface area (Å²) in [6.07, 6.45) is -0.571. The van der Waals surface area contributed by atoms with Crippen molar-refractivity contribution in [3.63, 3.8) is 0 Å². The Morgan fingerprint density at radius 1 is 1.03 bits per heavy atom. The quantitative estimate of drug-likeness (QED) is 0.223. The fourth-order valence-electron chi connectivity index (χ4n) is 2.85. The monoisotopic (exact) mass is 541 g/mol. The van der Waals surface area contributed by atoms with E-state index in [0.29, 0.717) is 32.3 Å². The number of benzene rings is 2. The molecule has 2 rings (SSSR count). The van der Waals surface area contributed by atoms with E-state index < -0.39 is 6.10 Å². The second-order valence-corrected chi connectivity index (χ2v) is 7.28. The maximum Gasteiger partial charge on any atom is 0.191 e. The molecule has 0 amide bonds. The normalized spacial score (nSPS) is 12.3. The minimum absolute atomic E-state index is 0. The number of ether oxygens (including phenoxy) is 2. The number of rotatable bonds is 11. The van der Waals surface area contributed by atoms with Gasteiger partial charge in [0.1, 0.15) is 5.75 Å². The molecule has 0 heterocycles. The van der Waals surface area contributed by atoms with Crippen LogP contribution >= 0.6 is 24.0 Å². The Kier molecular flexibility index (Phi) is 13.2. The molecule has 31 heavy (non-hydrogen) atoms. The van der Waals surface area contributed by atoms with Gasteiger partial charge in [0.05, 0.1) is 25.4 Å². The highest BCUT2D eigenvalue weighted by atomic mass is 127. The molecule has 0 radical (unpaired) electrons. The van der Waals surface area contributed by atoms with Gasteiger partial charge in [-0.1, -0.05) is 36.4 Å². The van der Waals surface area contributed by atoms with Crippen LogP contribution < -0.4 is 15.4 Å². The third-order valence-electron chi connectivity index (χ3n) is 4.34. The van der Waals surface area contributed by atoms with E-state index in [2.05, 4.69) is 39.9 Å². The number of nitrogens with zero attached hydrogens (tertiary/aromatic N) is 1. The van der Waals surface area contributed by atoms with Gasteiger partial charge in [-0.05, 0) is 56.5 Å². The SMILES string of the molecule is CCNC(=NCc1ccc(COCC)cc1)NCC(O)c1cccc(OC(C)C)c1.I. The lowest BCUT2D eigenvalue weighted by Crippen LogP contribution is -2.39. The van der Waals surface area contributed by atoms with Crippen LogP contribution in [0.15, 0.2) is 53.5 Å². The van der Waals surface area contributed by atoms with Crippen molar-refractivity contribution in [3.05, 3.63) is 65.2 Å². The van der Waals surface area contributed by atoms with Crippen LogP contribution in [0.25, 0.3) is 0 Å². The van der Waals surface area contributed by atoms with Crippen LogP contribution in [-0.2, 0) is 17.9 Å². The van der Waals surface area contributed by atoms with E-state index in [1.54, 1.807) is 0 Å². The molecule has 3 N–H and O–H groups in total. The van der Waals surface area contributed by atoms with Crippen LogP contribution in [0.4, 0.5) is 0 Å². The number of halogens is 1. The van der Waals surface area contributed by atoms with Crippen molar-refractivity contribution in [2.75, 3.05) is 19.7 Å². The molecule has 172 valence electrons. The minimum Gasteiger partial charge on any atom is -0.491 e. The molecule has 0 saturated carbocycles. The standard InChI is InChI=1S/C24H35N3O3.HI/c1-5-25-24(26-15-19-10-12-20(13-11-19)17-29-6-2)27-16-23(28)21-8-7-9-22(14-21)30-18(3)4;/h7-14,18,23,28H,5-6,15-17H2,1-4H3,(H2,25,26,27);1H. The number of guanidine groups is 1. The predicted octanol–water partition coefficient (Wildman–Crippen LogP) is 4.42. The zero-order chi connectivity index (χ0) is 21.8. The lowest BCUT2D eigenvalue weighted by atomic mass is 10.1. The molecule has 2 aromatic carbocycles. The van der Waals surface area contributed by atoms with Gasteiger partial charge in [-0.2, -0.15) is 0 Å². The van der Waals surface area contributed by atoms with E-state index in [0.717, 1.165) is 29.0 Å². The zero-order valence-corrected chi connectivity index (χ0v) is 21.3. The number of hydrogen-bond acceptors (Lipinski definition) is 4.